The number of aromatic nitrogens is 1. The quantitative estimate of drug-likeness (QED) is 0.318. The van der Waals surface area contributed by atoms with Crippen LogP contribution in [0.2, 0.25) is 0 Å². The maximum absolute atomic E-state index is 15.1. The predicted octanol–water partition coefficient (Wildman–Crippen LogP) is 4.52. The number of allylic oxidation sites excluding steroid dienone is 1. The van der Waals surface area contributed by atoms with E-state index in [0.29, 0.717) is 36.8 Å². The van der Waals surface area contributed by atoms with Crippen molar-refractivity contribution < 1.29 is 50.9 Å². The van der Waals surface area contributed by atoms with Gasteiger partial charge in [0.15, 0.2) is 11.6 Å². The van der Waals surface area contributed by atoms with Gasteiger partial charge in [0.05, 0.1) is 37.1 Å². The number of nitrogens with zero attached hydrogens (tertiary/aromatic N) is 2. The highest BCUT2D eigenvalue weighted by atomic mass is 32.2. The van der Waals surface area contributed by atoms with Crippen molar-refractivity contribution in [3.63, 3.8) is 0 Å². The van der Waals surface area contributed by atoms with Crippen molar-refractivity contribution in [2.45, 2.75) is 121 Å². The molecule has 0 spiro atoms. The van der Waals surface area contributed by atoms with Crippen molar-refractivity contribution in [1.29, 1.82) is 0 Å². The van der Waals surface area contributed by atoms with Crippen LogP contribution in [0.5, 0.6) is 17.4 Å². The van der Waals surface area contributed by atoms with Gasteiger partial charge in [-0.3, -0.25) is 19.1 Å². The van der Waals surface area contributed by atoms with E-state index in [-0.39, 0.29) is 42.3 Å². The van der Waals surface area contributed by atoms with Crippen molar-refractivity contribution >= 4 is 44.6 Å². The van der Waals surface area contributed by atoms with Crippen LogP contribution >= 0.6 is 0 Å². The average Bonchev–Trinajstić information content (AvgIpc) is 4.01. The number of rotatable bonds is 8. The highest BCUT2D eigenvalue weighted by Crippen LogP contribution is 2.48. The van der Waals surface area contributed by atoms with Gasteiger partial charge >= 0.3 is 6.09 Å². The van der Waals surface area contributed by atoms with Crippen LogP contribution in [0.3, 0.4) is 0 Å². The third-order valence-corrected chi connectivity index (χ3v) is 13.7. The lowest BCUT2D eigenvalue weighted by molar-refractivity contribution is -0.142. The van der Waals surface area contributed by atoms with Crippen LogP contribution in [0.15, 0.2) is 30.5 Å². The molecule has 4 amide bonds. The number of fused-ring (bicyclic) bond motifs is 3. The van der Waals surface area contributed by atoms with Crippen molar-refractivity contribution in [3.8, 4) is 17.4 Å². The topological polar surface area (TPSA) is 192 Å². The molecule has 2 aliphatic carbocycles. The van der Waals surface area contributed by atoms with Gasteiger partial charge in [0.25, 0.3) is 5.91 Å². The Morgan fingerprint density at radius 3 is 2.40 bits per heavy atom. The van der Waals surface area contributed by atoms with E-state index in [1.807, 2.05) is 26.0 Å². The molecule has 1 aromatic carbocycles. The molecule has 2 saturated carbocycles. The molecular formula is C40H54FN5O10S. The second-order valence-corrected chi connectivity index (χ2v) is 19.4. The monoisotopic (exact) mass is 815 g/mol. The standard InChI is InChI=1S/C40H54FN5O10S/c1-22-11-9-10-12-24-19-40(24,36(49)45-57(51,52)39(6)13-14-39)44-33(47)29-16-25(21-46(29)35(48)32(23(2)15-22)43-37(50)56-38(3,4)5)55-34-27-17-28(41)30(53-7)18-26(27)31(54-8)20-42-34/h10,12,17-18,20,22-25,29,32H,9,11,13-16,19,21H2,1-8H3,(H,43,50)(H,44,47)(H,45,49)/b12-10-/t22-,23-,24-,25-,29+,32+,40-/m1/s1. The highest BCUT2D eigenvalue weighted by Gasteiger charge is 2.63. The minimum Gasteiger partial charge on any atom is -0.494 e. The van der Waals surface area contributed by atoms with Crippen LogP contribution in [0.1, 0.15) is 86.5 Å². The minimum absolute atomic E-state index is 0.0144. The van der Waals surface area contributed by atoms with Gasteiger partial charge in [-0.2, -0.15) is 0 Å². The van der Waals surface area contributed by atoms with Crippen molar-refractivity contribution in [2.24, 2.45) is 17.8 Å². The fourth-order valence-electron chi connectivity index (χ4n) is 7.79. The zero-order valence-electron chi connectivity index (χ0n) is 33.8. The number of halogens is 1. The average molecular weight is 816 g/mol. The molecule has 3 heterocycles. The first-order chi connectivity index (χ1) is 26.7. The first kappa shape index (κ1) is 41.9. The fourth-order valence-corrected chi connectivity index (χ4v) is 9.10. The Kier molecular flexibility index (Phi) is 11.5. The number of carbonyl (C=O) groups excluding carboxylic acids is 4. The van der Waals surface area contributed by atoms with E-state index in [0.717, 1.165) is 6.42 Å². The fraction of sp³-hybridized carbons (Fsp3) is 0.625. The summed E-state index contributed by atoms with van der Waals surface area (Å²) in [5, 5.41) is 6.33. The number of methoxy groups -OCH3 is 2. The van der Waals surface area contributed by atoms with Gasteiger partial charge in [0.1, 0.15) is 35.1 Å². The summed E-state index contributed by atoms with van der Waals surface area (Å²) in [6.07, 6.45) is 6.32. The zero-order valence-corrected chi connectivity index (χ0v) is 34.6. The van der Waals surface area contributed by atoms with Crippen molar-refractivity contribution in [2.75, 3.05) is 20.8 Å². The lowest BCUT2D eigenvalue weighted by Gasteiger charge is -2.33. The first-order valence-electron chi connectivity index (χ1n) is 19.4. The van der Waals surface area contributed by atoms with Crippen molar-refractivity contribution in [3.05, 3.63) is 36.3 Å². The highest BCUT2D eigenvalue weighted by molar-refractivity contribution is 7.91. The number of pyridine rings is 1. The summed E-state index contributed by atoms with van der Waals surface area (Å²) < 4.78 is 65.2. The van der Waals surface area contributed by atoms with E-state index in [4.69, 9.17) is 18.9 Å². The number of ether oxygens (including phenoxy) is 4. The maximum atomic E-state index is 15.1. The molecule has 17 heteroatoms. The summed E-state index contributed by atoms with van der Waals surface area (Å²) in [7, 11) is -1.26. The molecule has 57 heavy (non-hydrogen) atoms. The third-order valence-electron chi connectivity index (χ3n) is 11.5. The van der Waals surface area contributed by atoms with E-state index >= 15 is 4.39 Å². The number of amides is 4. The molecule has 3 N–H and O–H groups in total. The van der Waals surface area contributed by atoms with E-state index in [1.54, 1.807) is 27.7 Å². The number of sulfonamides is 1. The molecular weight excluding hydrogens is 762 g/mol. The van der Waals surface area contributed by atoms with E-state index in [9.17, 15) is 27.6 Å². The number of nitrogens with one attached hydrogen (secondary N) is 3. The summed E-state index contributed by atoms with van der Waals surface area (Å²) in [4.78, 5) is 62.2. The SMILES string of the molecule is COc1cc2c(OC)cnc(O[C@@H]3C[C@H]4C(=O)N[C@]5(C(=O)NS(=O)(=O)C6(C)CC6)C[C@H]5/C=C\CC[C@@H](C)C[C@@H](C)[C@H](NC(=O)OC(C)(C)C)C(=O)N4C3)c2cc1F. The summed E-state index contributed by atoms with van der Waals surface area (Å²) in [5.74, 6) is -3.25. The molecule has 15 nitrogen and oxygen atoms in total. The molecule has 0 unspecified atom stereocenters. The van der Waals surface area contributed by atoms with Gasteiger partial charge < -0.3 is 34.5 Å². The summed E-state index contributed by atoms with van der Waals surface area (Å²) in [6.45, 7) is 10.5. The summed E-state index contributed by atoms with van der Waals surface area (Å²) in [6, 6.07) is 0.314. The Morgan fingerprint density at radius 1 is 1.05 bits per heavy atom. The predicted molar refractivity (Wildman–Crippen MR) is 207 cm³/mol. The summed E-state index contributed by atoms with van der Waals surface area (Å²) >= 11 is 0. The Labute approximate surface area is 332 Å². The first-order valence-corrected chi connectivity index (χ1v) is 20.9. The Bertz CT molecular complexity index is 2070. The van der Waals surface area contributed by atoms with E-state index < -0.39 is 85.6 Å². The maximum Gasteiger partial charge on any atom is 0.408 e. The molecule has 1 aromatic heterocycles. The lowest BCUT2D eigenvalue weighted by Crippen LogP contribution is -2.59. The Hall–Kier alpha value is -4.67. The van der Waals surface area contributed by atoms with Crippen LogP contribution in [0.25, 0.3) is 10.8 Å². The number of benzene rings is 1. The zero-order chi connectivity index (χ0) is 41.7. The molecule has 0 radical (unpaired) electrons. The molecule has 6 rings (SSSR count). The smallest absolute Gasteiger partial charge is 0.408 e. The Morgan fingerprint density at radius 2 is 1.75 bits per heavy atom. The molecule has 2 aromatic rings. The van der Waals surface area contributed by atoms with E-state index in [1.165, 1.54) is 37.4 Å². The van der Waals surface area contributed by atoms with Gasteiger partial charge in [-0.05, 0) is 90.2 Å². The molecule has 312 valence electrons. The molecule has 0 bridgehead atoms. The van der Waals surface area contributed by atoms with Gasteiger partial charge in [0.2, 0.25) is 27.7 Å². The van der Waals surface area contributed by atoms with Crippen LogP contribution in [0, 0.1) is 23.6 Å². The molecule has 7 atom stereocenters. The largest absolute Gasteiger partial charge is 0.494 e. The van der Waals surface area contributed by atoms with Gasteiger partial charge in [-0.25, -0.2) is 22.6 Å². The number of carbonyl (C=O) groups is 4. The number of hydrogen-bond acceptors (Lipinski definition) is 11. The summed E-state index contributed by atoms with van der Waals surface area (Å²) in [5.41, 5.74) is -2.44. The van der Waals surface area contributed by atoms with E-state index in [2.05, 4.69) is 20.3 Å². The molecule has 1 saturated heterocycles. The Balaban J connectivity index is 1.37. The third kappa shape index (κ3) is 8.77. The number of hydrogen-bond donors (Lipinski definition) is 3. The second-order valence-electron chi connectivity index (χ2n) is 17.2. The minimum atomic E-state index is -4.04. The van der Waals surface area contributed by atoms with Gasteiger partial charge in [-0.1, -0.05) is 26.0 Å². The van der Waals surface area contributed by atoms with Crippen molar-refractivity contribution in [1.82, 2.24) is 25.2 Å². The molecule has 4 aliphatic rings. The van der Waals surface area contributed by atoms with Crippen LogP contribution in [-0.4, -0.2) is 97.0 Å². The molecule has 2 aliphatic heterocycles. The van der Waals surface area contributed by atoms with Crippen LogP contribution in [0.4, 0.5) is 9.18 Å². The normalized spacial score (nSPS) is 29.4. The lowest BCUT2D eigenvalue weighted by atomic mass is 9.88. The molecule has 3 fully saturated rings. The van der Waals surface area contributed by atoms with Crippen LogP contribution in [-0.2, 0) is 29.1 Å². The van der Waals surface area contributed by atoms with Crippen LogP contribution < -0.4 is 29.6 Å². The second kappa shape index (κ2) is 15.6. The van der Waals surface area contributed by atoms with Gasteiger partial charge in [-0.15, -0.1) is 0 Å². The van der Waals surface area contributed by atoms with Gasteiger partial charge in [0, 0.05) is 17.7 Å². The number of alkyl carbamates (subject to hydrolysis) is 1.